The molecule has 5 nitrogen and oxygen atoms in total. The van der Waals surface area contributed by atoms with Crippen molar-refractivity contribution in [3.05, 3.63) is 45.5 Å². The Bertz CT molecular complexity index is 680. The molecule has 19 heavy (non-hydrogen) atoms. The average molecular weight is 278 g/mol. The van der Waals surface area contributed by atoms with Crippen LogP contribution >= 0.6 is 11.6 Å². The van der Waals surface area contributed by atoms with E-state index in [4.69, 9.17) is 22.1 Å². The molecule has 0 amide bonds. The summed E-state index contributed by atoms with van der Waals surface area (Å²) >= 11 is 5.88. The maximum atomic E-state index is 11.6. The van der Waals surface area contributed by atoms with Crippen LogP contribution in [0.25, 0.3) is 0 Å². The van der Waals surface area contributed by atoms with Crippen molar-refractivity contribution >= 4 is 17.3 Å². The van der Waals surface area contributed by atoms with Gasteiger partial charge in [-0.15, -0.1) is 0 Å². The summed E-state index contributed by atoms with van der Waals surface area (Å²) in [5.74, 6) is 1.64. The largest absolute Gasteiger partial charge is 0.437 e. The summed E-state index contributed by atoms with van der Waals surface area (Å²) in [7, 11) is 0. The first kappa shape index (κ1) is 12.0. The van der Waals surface area contributed by atoms with Crippen molar-refractivity contribution in [3.8, 4) is 11.6 Å². The number of nitrogens with one attached hydrogen (secondary N) is 1. The number of hydrogen-bond acceptors (Lipinski definition) is 4. The van der Waals surface area contributed by atoms with E-state index in [0.717, 1.165) is 12.8 Å². The Labute approximate surface area is 114 Å². The lowest BCUT2D eigenvalue weighted by molar-refractivity contribution is 0.459. The monoisotopic (exact) mass is 277 g/mol. The minimum Gasteiger partial charge on any atom is -0.437 e. The van der Waals surface area contributed by atoms with Crippen molar-refractivity contribution < 1.29 is 4.74 Å². The smallest absolute Gasteiger partial charge is 0.254 e. The zero-order chi connectivity index (χ0) is 13.4. The Morgan fingerprint density at radius 3 is 2.89 bits per heavy atom. The van der Waals surface area contributed by atoms with E-state index in [-0.39, 0.29) is 11.4 Å². The van der Waals surface area contributed by atoms with Gasteiger partial charge in [-0.2, -0.15) is 4.98 Å². The minimum atomic E-state index is -0.229. The molecular formula is C13H12ClN3O2. The standard InChI is InChI=1S/C13H12ClN3O2/c14-8-3-4-9(15)10(5-8)19-12-6-11(18)16-13(17-12)7-1-2-7/h3-7H,1-2,15H2,(H,16,17,18). The molecule has 1 fully saturated rings. The number of H-pyrrole nitrogens is 1. The second-order valence-corrected chi connectivity index (χ2v) is 4.96. The van der Waals surface area contributed by atoms with Crippen molar-refractivity contribution in [2.24, 2.45) is 0 Å². The first-order valence-electron chi connectivity index (χ1n) is 5.96. The summed E-state index contributed by atoms with van der Waals surface area (Å²) in [6, 6.07) is 6.21. The molecule has 3 N–H and O–H groups in total. The van der Waals surface area contributed by atoms with Gasteiger partial charge in [-0.3, -0.25) is 4.79 Å². The van der Waals surface area contributed by atoms with Gasteiger partial charge in [-0.05, 0) is 25.0 Å². The molecule has 1 saturated carbocycles. The van der Waals surface area contributed by atoms with Gasteiger partial charge in [0.15, 0.2) is 5.75 Å². The number of nitrogen functional groups attached to an aromatic ring is 1. The van der Waals surface area contributed by atoms with Crippen LogP contribution in [-0.2, 0) is 0 Å². The maximum Gasteiger partial charge on any atom is 0.254 e. The van der Waals surface area contributed by atoms with Gasteiger partial charge in [0.05, 0.1) is 11.8 Å². The van der Waals surface area contributed by atoms with Crippen LogP contribution in [0.1, 0.15) is 24.6 Å². The highest BCUT2D eigenvalue weighted by atomic mass is 35.5. The number of aromatic amines is 1. The van der Waals surface area contributed by atoms with Crippen molar-refractivity contribution in [1.82, 2.24) is 9.97 Å². The Morgan fingerprint density at radius 1 is 1.37 bits per heavy atom. The number of rotatable bonds is 3. The third-order valence-electron chi connectivity index (χ3n) is 2.89. The number of hydrogen-bond donors (Lipinski definition) is 2. The highest BCUT2D eigenvalue weighted by molar-refractivity contribution is 6.30. The van der Waals surface area contributed by atoms with Crippen LogP contribution in [0.2, 0.25) is 5.02 Å². The van der Waals surface area contributed by atoms with E-state index in [9.17, 15) is 4.79 Å². The van der Waals surface area contributed by atoms with E-state index in [2.05, 4.69) is 9.97 Å². The third-order valence-corrected chi connectivity index (χ3v) is 3.13. The first-order chi connectivity index (χ1) is 9.11. The number of nitrogens with zero attached hydrogens (tertiary/aromatic N) is 1. The van der Waals surface area contributed by atoms with Crippen LogP contribution in [0, 0.1) is 0 Å². The van der Waals surface area contributed by atoms with Gasteiger partial charge in [-0.1, -0.05) is 11.6 Å². The Morgan fingerprint density at radius 2 is 2.16 bits per heavy atom. The summed E-state index contributed by atoms with van der Waals surface area (Å²) in [5.41, 5.74) is 6.00. The zero-order valence-electron chi connectivity index (χ0n) is 10.0. The predicted octanol–water partition coefficient (Wildman–Crippen LogP) is 2.68. The number of halogens is 1. The van der Waals surface area contributed by atoms with Crippen molar-refractivity contribution in [1.29, 1.82) is 0 Å². The second-order valence-electron chi connectivity index (χ2n) is 4.53. The summed E-state index contributed by atoms with van der Waals surface area (Å²) < 4.78 is 5.55. The molecule has 0 bridgehead atoms. The van der Waals surface area contributed by atoms with Gasteiger partial charge in [0.2, 0.25) is 5.88 Å². The van der Waals surface area contributed by atoms with E-state index < -0.39 is 0 Å². The van der Waals surface area contributed by atoms with Gasteiger partial charge >= 0.3 is 0 Å². The number of nitrogens with two attached hydrogens (primary N) is 1. The molecule has 1 aromatic heterocycles. The molecule has 1 aliphatic carbocycles. The minimum absolute atomic E-state index is 0.229. The molecule has 0 radical (unpaired) electrons. The normalized spacial score (nSPS) is 14.4. The van der Waals surface area contributed by atoms with Crippen LogP contribution < -0.4 is 16.0 Å². The van der Waals surface area contributed by atoms with Gasteiger partial charge in [0.25, 0.3) is 5.56 Å². The summed E-state index contributed by atoms with van der Waals surface area (Å²) in [6.45, 7) is 0. The average Bonchev–Trinajstić information content (AvgIpc) is 3.17. The van der Waals surface area contributed by atoms with Gasteiger partial charge in [0.1, 0.15) is 5.82 Å². The van der Waals surface area contributed by atoms with Gasteiger partial charge < -0.3 is 15.5 Å². The van der Waals surface area contributed by atoms with Crippen LogP contribution in [0.15, 0.2) is 29.1 Å². The molecule has 0 aliphatic heterocycles. The van der Waals surface area contributed by atoms with E-state index in [1.165, 1.54) is 6.07 Å². The summed E-state index contributed by atoms with van der Waals surface area (Å²) in [5, 5.41) is 0.511. The molecule has 0 atom stereocenters. The second kappa shape index (κ2) is 4.59. The summed E-state index contributed by atoms with van der Waals surface area (Å²) in [6.07, 6.45) is 2.09. The number of anilines is 1. The quantitative estimate of drug-likeness (QED) is 0.845. The zero-order valence-corrected chi connectivity index (χ0v) is 10.8. The fraction of sp³-hybridized carbons (Fsp3) is 0.231. The topological polar surface area (TPSA) is 81.0 Å². The predicted molar refractivity (Wildman–Crippen MR) is 72.8 cm³/mol. The number of benzene rings is 1. The van der Waals surface area contributed by atoms with E-state index >= 15 is 0 Å². The van der Waals surface area contributed by atoms with E-state index in [1.54, 1.807) is 18.2 Å². The van der Waals surface area contributed by atoms with E-state index in [1.807, 2.05) is 0 Å². The maximum absolute atomic E-state index is 11.6. The lowest BCUT2D eigenvalue weighted by Gasteiger charge is -2.08. The number of aromatic nitrogens is 2. The molecule has 0 saturated heterocycles. The Balaban J connectivity index is 1.94. The molecule has 1 aromatic carbocycles. The molecule has 0 spiro atoms. The molecule has 1 heterocycles. The number of ether oxygens (including phenoxy) is 1. The van der Waals surface area contributed by atoms with Crippen LogP contribution in [0.4, 0.5) is 5.69 Å². The fourth-order valence-electron chi connectivity index (χ4n) is 1.77. The van der Waals surface area contributed by atoms with Gasteiger partial charge in [0, 0.05) is 17.0 Å². The van der Waals surface area contributed by atoms with Crippen LogP contribution in [-0.4, -0.2) is 9.97 Å². The Kier molecular flexibility index (Phi) is 2.91. The van der Waals surface area contributed by atoms with Crippen molar-refractivity contribution in [2.75, 3.05) is 5.73 Å². The van der Waals surface area contributed by atoms with Crippen LogP contribution in [0.3, 0.4) is 0 Å². The molecule has 2 aromatic rings. The molecule has 6 heteroatoms. The molecular weight excluding hydrogens is 266 g/mol. The van der Waals surface area contributed by atoms with Crippen LogP contribution in [0.5, 0.6) is 11.6 Å². The highest BCUT2D eigenvalue weighted by Gasteiger charge is 2.26. The van der Waals surface area contributed by atoms with Crippen molar-refractivity contribution in [2.45, 2.75) is 18.8 Å². The Hall–Kier alpha value is -2.01. The first-order valence-corrected chi connectivity index (χ1v) is 6.34. The highest BCUT2D eigenvalue weighted by Crippen LogP contribution is 2.38. The third kappa shape index (κ3) is 2.71. The molecule has 1 aliphatic rings. The fourth-order valence-corrected chi connectivity index (χ4v) is 1.93. The lowest BCUT2D eigenvalue weighted by Crippen LogP contribution is -2.10. The van der Waals surface area contributed by atoms with E-state index in [0.29, 0.717) is 28.2 Å². The molecule has 0 unspecified atom stereocenters. The SMILES string of the molecule is Nc1ccc(Cl)cc1Oc1cc(=O)[nH]c(C2CC2)n1. The van der Waals surface area contributed by atoms with Crippen molar-refractivity contribution in [3.63, 3.8) is 0 Å². The molecule has 3 rings (SSSR count). The lowest BCUT2D eigenvalue weighted by atomic mass is 10.3. The van der Waals surface area contributed by atoms with Gasteiger partial charge in [-0.25, -0.2) is 0 Å². The summed E-state index contributed by atoms with van der Waals surface area (Å²) in [4.78, 5) is 18.6. The molecule has 98 valence electrons.